The quantitative estimate of drug-likeness (QED) is 0.803. The van der Waals surface area contributed by atoms with Crippen LogP contribution in [-0.2, 0) is 4.74 Å². The van der Waals surface area contributed by atoms with Crippen LogP contribution in [0.1, 0.15) is 33.4 Å². The number of halogens is 1. The van der Waals surface area contributed by atoms with Crippen molar-refractivity contribution >= 4 is 23.1 Å². The van der Waals surface area contributed by atoms with Crippen LogP contribution >= 0.6 is 11.6 Å². The molecule has 19 heavy (non-hydrogen) atoms. The molecule has 5 nitrogen and oxygen atoms in total. The van der Waals surface area contributed by atoms with E-state index in [1.165, 1.54) is 0 Å². The molecule has 2 N–H and O–H groups in total. The summed E-state index contributed by atoms with van der Waals surface area (Å²) in [4.78, 5) is 10.5. The van der Waals surface area contributed by atoms with Crippen molar-refractivity contribution in [2.75, 3.05) is 23.7 Å². The molecule has 1 aromatic rings. The lowest BCUT2D eigenvalue weighted by Crippen LogP contribution is -2.57. The fourth-order valence-electron chi connectivity index (χ4n) is 2.71. The van der Waals surface area contributed by atoms with E-state index in [9.17, 15) is 0 Å². The summed E-state index contributed by atoms with van der Waals surface area (Å²) in [5, 5.41) is 0.226. The standard InChI is InChI=1S/C13H21ClN4O/c1-8-9(15)10(17-11(14)16-8)18-6-12(2,3)19-13(4,5)7-18/h6-7,15H2,1-5H3. The molecule has 2 rings (SSSR count). The Labute approximate surface area is 119 Å². The summed E-state index contributed by atoms with van der Waals surface area (Å²) in [6, 6.07) is 0. The Hall–Kier alpha value is -1.07. The maximum atomic E-state index is 6.09. The van der Waals surface area contributed by atoms with Crippen molar-refractivity contribution in [1.29, 1.82) is 0 Å². The van der Waals surface area contributed by atoms with Crippen LogP contribution in [0, 0.1) is 6.92 Å². The van der Waals surface area contributed by atoms with E-state index in [1.807, 2.05) is 6.92 Å². The smallest absolute Gasteiger partial charge is 0.224 e. The zero-order valence-electron chi connectivity index (χ0n) is 12.1. The molecule has 0 bridgehead atoms. The maximum Gasteiger partial charge on any atom is 0.224 e. The molecule has 0 amide bonds. The first-order chi connectivity index (χ1) is 8.60. The van der Waals surface area contributed by atoms with Crippen LogP contribution in [0.4, 0.5) is 11.5 Å². The number of aryl methyl sites for hydroxylation is 1. The van der Waals surface area contributed by atoms with Gasteiger partial charge in [0.25, 0.3) is 0 Å². The molecule has 6 heteroatoms. The van der Waals surface area contributed by atoms with Gasteiger partial charge in [-0.15, -0.1) is 0 Å². The molecule has 1 aliphatic rings. The van der Waals surface area contributed by atoms with Crippen LogP contribution in [0.15, 0.2) is 0 Å². The first kappa shape index (κ1) is 14.3. The Bertz CT molecular complexity index is 486. The third kappa shape index (κ3) is 3.09. The van der Waals surface area contributed by atoms with Gasteiger partial charge in [-0.3, -0.25) is 0 Å². The molecule has 1 fully saturated rings. The number of hydrogen-bond acceptors (Lipinski definition) is 5. The molecule has 2 heterocycles. The van der Waals surface area contributed by atoms with Crippen molar-refractivity contribution in [1.82, 2.24) is 9.97 Å². The first-order valence-electron chi connectivity index (χ1n) is 6.34. The van der Waals surface area contributed by atoms with Crippen molar-refractivity contribution in [2.24, 2.45) is 0 Å². The normalized spacial score (nSPS) is 21.5. The molecule has 1 aliphatic heterocycles. The number of aromatic nitrogens is 2. The number of anilines is 2. The molecular formula is C13H21ClN4O. The number of morpholine rings is 1. The Morgan fingerprint density at radius 1 is 1.16 bits per heavy atom. The second-order valence-electron chi connectivity index (χ2n) is 6.29. The van der Waals surface area contributed by atoms with Crippen LogP contribution in [0.25, 0.3) is 0 Å². The van der Waals surface area contributed by atoms with Gasteiger partial charge in [-0.05, 0) is 46.2 Å². The molecule has 0 atom stereocenters. The zero-order valence-corrected chi connectivity index (χ0v) is 12.9. The predicted octanol–water partition coefficient (Wildman–Crippen LogP) is 2.41. The van der Waals surface area contributed by atoms with Gasteiger partial charge in [-0.2, -0.15) is 4.98 Å². The van der Waals surface area contributed by atoms with E-state index in [1.54, 1.807) is 0 Å². The molecule has 106 valence electrons. The molecule has 0 spiro atoms. The van der Waals surface area contributed by atoms with Gasteiger partial charge >= 0.3 is 0 Å². The summed E-state index contributed by atoms with van der Waals surface area (Å²) in [6.07, 6.45) is 0. The van der Waals surface area contributed by atoms with E-state index in [4.69, 9.17) is 22.1 Å². The Morgan fingerprint density at radius 3 is 2.21 bits per heavy atom. The molecule has 0 unspecified atom stereocenters. The summed E-state index contributed by atoms with van der Waals surface area (Å²) < 4.78 is 6.05. The lowest BCUT2D eigenvalue weighted by molar-refractivity contribution is -0.133. The minimum atomic E-state index is -0.264. The Morgan fingerprint density at radius 2 is 1.68 bits per heavy atom. The molecule has 0 radical (unpaired) electrons. The van der Waals surface area contributed by atoms with E-state index >= 15 is 0 Å². The van der Waals surface area contributed by atoms with Gasteiger partial charge in [0.15, 0.2) is 5.82 Å². The average Bonchev–Trinajstić information content (AvgIpc) is 2.18. The predicted molar refractivity (Wildman–Crippen MR) is 77.6 cm³/mol. The fraction of sp³-hybridized carbons (Fsp3) is 0.692. The lowest BCUT2D eigenvalue weighted by Gasteiger charge is -2.47. The Balaban J connectivity index is 2.41. The van der Waals surface area contributed by atoms with Gasteiger partial charge in [0.05, 0.1) is 22.6 Å². The highest BCUT2D eigenvalue weighted by Crippen LogP contribution is 2.34. The van der Waals surface area contributed by atoms with Gasteiger partial charge < -0.3 is 15.4 Å². The number of nitrogens with two attached hydrogens (primary N) is 1. The number of nitrogens with zero attached hydrogens (tertiary/aromatic N) is 3. The molecule has 1 aromatic heterocycles. The van der Waals surface area contributed by atoms with Gasteiger partial charge in [0.1, 0.15) is 0 Å². The zero-order chi connectivity index (χ0) is 14.4. The van der Waals surface area contributed by atoms with E-state index in [0.29, 0.717) is 30.3 Å². The van der Waals surface area contributed by atoms with E-state index in [-0.39, 0.29) is 16.5 Å². The van der Waals surface area contributed by atoms with Crippen molar-refractivity contribution in [3.05, 3.63) is 11.0 Å². The molecule has 0 aromatic carbocycles. The number of hydrogen-bond donors (Lipinski definition) is 1. The van der Waals surface area contributed by atoms with Crippen molar-refractivity contribution in [3.8, 4) is 0 Å². The van der Waals surface area contributed by atoms with Gasteiger partial charge in [0, 0.05) is 13.1 Å². The Kier molecular flexibility index (Phi) is 3.39. The summed E-state index contributed by atoms with van der Waals surface area (Å²) in [6.45, 7) is 11.5. The summed E-state index contributed by atoms with van der Waals surface area (Å²) >= 11 is 5.95. The average molecular weight is 285 g/mol. The summed E-state index contributed by atoms with van der Waals surface area (Å²) in [7, 11) is 0. The third-order valence-corrected chi connectivity index (χ3v) is 3.25. The van der Waals surface area contributed by atoms with Crippen LogP contribution in [0.3, 0.4) is 0 Å². The van der Waals surface area contributed by atoms with E-state index in [2.05, 4.69) is 42.6 Å². The second-order valence-corrected chi connectivity index (χ2v) is 6.63. The minimum Gasteiger partial charge on any atom is -0.394 e. The van der Waals surface area contributed by atoms with Gasteiger partial charge in [-0.25, -0.2) is 4.98 Å². The van der Waals surface area contributed by atoms with E-state index < -0.39 is 0 Å². The van der Waals surface area contributed by atoms with Gasteiger partial charge in [0.2, 0.25) is 5.28 Å². The maximum absolute atomic E-state index is 6.09. The number of ether oxygens (including phenoxy) is 1. The van der Waals surface area contributed by atoms with Crippen LogP contribution in [0.5, 0.6) is 0 Å². The molecule has 0 aliphatic carbocycles. The SMILES string of the molecule is Cc1nc(Cl)nc(N2CC(C)(C)OC(C)(C)C2)c1N. The minimum absolute atomic E-state index is 0.226. The highest BCUT2D eigenvalue weighted by Gasteiger charge is 2.39. The number of rotatable bonds is 1. The van der Waals surface area contributed by atoms with Crippen LogP contribution in [0.2, 0.25) is 5.28 Å². The lowest BCUT2D eigenvalue weighted by atomic mass is 9.99. The van der Waals surface area contributed by atoms with Gasteiger partial charge in [-0.1, -0.05) is 0 Å². The second kappa shape index (κ2) is 4.49. The molecular weight excluding hydrogens is 264 g/mol. The number of nitrogen functional groups attached to an aromatic ring is 1. The van der Waals surface area contributed by atoms with Crippen molar-refractivity contribution in [3.63, 3.8) is 0 Å². The van der Waals surface area contributed by atoms with E-state index in [0.717, 1.165) is 0 Å². The summed E-state index contributed by atoms with van der Waals surface area (Å²) in [5.41, 5.74) is 6.85. The summed E-state index contributed by atoms with van der Waals surface area (Å²) in [5.74, 6) is 0.696. The molecule has 1 saturated heterocycles. The monoisotopic (exact) mass is 284 g/mol. The molecule has 0 saturated carbocycles. The largest absolute Gasteiger partial charge is 0.394 e. The van der Waals surface area contributed by atoms with Crippen molar-refractivity contribution in [2.45, 2.75) is 45.8 Å². The van der Waals surface area contributed by atoms with Crippen molar-refractivity contribution < 1.29 is 4.74 Å². The first-order valence-corrected chi connectivity index (χ1v) is 6.72. The van der Waals surface area contributed by atoms with Crippen LogP contribution < -0.4 is 10.6 Å². The fourth-order valence-corrected chi connectivity index (χ4v) is 2.92. The third-order valence-electron chi connectivity index (χ3n) is 3.08. The highest BCUT2D eigenvalue weighted by atomic mass is 35.5. The van der Waals surface area contributed by atoms with Crippen LogP contribution in [-0.4, -0.2) is 34.3 Å². The highest BCUT2D eigenvalue weighted by molar-refractivity contribution is 6.28. The topological polar surface area (TPSA) is 64.3 Å².